The molecule has 0 atom stereocenters. The maximum absolute atomic E-state index is 12.6. The molecule has 0 heterocycles. The van der Waals surface area contributed by atoms with Gasteiger partial charge in [0.2, 0.25) is 0 Å². The van der Waals surface area contributed by atoms with E-state index in [4.69, 9.17) is 32.7 Å². The van der Waals surface area contributed by atoms with E-state index in [1.807, 2.05) is 43.3 Å². The molecule has 0 aliphatic heterocycles. The topological polar surface area (TPSA) is 71.3 Å². The Balaban J connectivity index is 1.70. The predicted octanol–water partition coefficient (Wildman–Crippen LogP) is 7.39. The number of nitrogens with zero attached hydrogens (tertiary/aromatic N) is 1. The quantitative estimate of drug-likeness (QED) is 0.144. The molecule has 3 aromatic rings. The zero-order valence-corrected chi connectivity index (χ0v) is 22.8. The Morgan fingerprint density at radius 1 is 1.08 bits per heavy atom. The molecule has 0 spiro atoms. The molecule has 3 rings (SSSR count). The summed E-state index contributed by atoms with van der Waals surface area (Å²) in [5.41, 5.74) is 2.60. The van der Waals surface area contributed by atoms with Crippen LogP contribution in [0.1, 0.15) is 30.0 Å². The lowest BCUT2D eigenvalue weighted by Gasteiger charge is -2.15. The lowest BCUT2D eigenvalue weighted by molar-refractivity contribution is -0.117. The SMILES string of the molecule is CCOc1cc(/C=C(/C#N)C(=O)NCCCc2ccccc2)c(Br)cc1OCc1ccc(Cl)cc1Cl. The number of nitrogens with one attached hydrogen (secondary N) is 1. The third-order valence-electron chi connectivity index (χ3n) is 5.20. The first-order valence-corrected chi connectivity index (χ1v) is 12.9. The second-order valence-corrected chi connectivity index (χ2v) is 9.49. The van der Waals surface area contributed by atoms with Crippen LogP contribution in [0.25, 0.3) is 6.08 Å². The molecule has 0 aliphatic rings. The molecule has 0 fully saturated rings. The van der Waals surface area contributed by atoms with Gasteiger partial charge in [-0.2, -0.15) is 5.26 Å². The number of amides is 1. The van der Waals surface area contributed by atoms with Crippen LogP contribution in [0.4, 0.5) is 0 Å². The van der Waals surface area contributed by atoms with E-state index >= 15 is 0 Å². The summed E-state index contributed by atoms with van der Waals surface area (Å²) in [6, 6.07) is 20.7. The number of benzene rings is 3. The fraction of sp³-hybridized carbons (Fsp3) is 0.214. The maximum atomic E-state index is 12.6. The Morgan fingerprint density at radius 3 is 2.53 bits per heavy atom. The number of carbonyl (C=O) groups excluding carboxylic acids is 1. The molecule has 0 saturated heterocycles. The van der Waals surface area contributed by atoms with E-state index in [1.165, 1.54) is 11.6 Å². The minimum atomic E-state index is -0.423. The molecule has 3 aromatic carbocycles. The average Bonchev–Trinajstić information content (AvgIpc) is 2.87. The molecule has 186 valence electrons. The van der Waals surface area contributed by atoms with Gasteiger partial charge in [-0.15, -0.1) is 0 Å². The van der Waals surface area contributed by atoms with Crippen molar-refractivity contribution >= 4 is 51.1 Å². The average molecular weight is 588 g/mol. The van der Waals surface area contributed by atoms with Crippen molar-refractivity contribution in [1.82, 2.24) is 5.32 Å². The highest BCUT2D eigenvalue weighted by molar-refractivity contribution is 9.10. The Labute approximate surface area is 229 Å². The van der Waals surface area contributed by atoms with Crippen molar-refractivity contribution in [3.63, 3.8) is 0 Å². The number of ether oxygens (including phenoxy) is 2. The monoisotopic (exact) mass is 586 g/mol. The number of carbonyl (C=O) groups is 1. The summed E-state index contributed by atoms with van der Waals surface area (Å²) in [4.78, 5) is 12.6. The van der Waals surface area contributed by atoms with Gasteiger partial charge in [0.15, 0.2) is 11.5 Å². The lowest BCUT2D eigenvalue weighted by Crippen LogP contribution is -2.25. The van der Waals surface area contributed by atoms with Crippen LogP contribution in [0.2, 0.25) is 10.0 Å². The van der Waals surface area contributed by atoms with E-state index in [1.54, 1.807) is 30.3 Å². The second kappa shape index (κ2) is 13.9. The van der Waals surface area contributed by atoms with Gasteiger partial charge in [0.1, 0.15) is 18.2 Å². The first-order valence-electron chi connectivity index (χ1n) is 11.4. The Bertz CT molecular complexity index is 1270. The van der Waals surface area contributed by atoms with Crippen molar-refractivity contribution in [3.8, 4) is 17.6 Å². The summed E-state index contributed by atoms with van der Waals surface area (Å²) in [6.45, 7) is 2.96. The zero-order valence-electron chi connectivity index (χ0n) is 19.7. The van der Waals surface area contributed by atoms with E-state index in [0.717, 1.165) is 18.4 Å². The number of aryl methyl sites for hydroxylation is 1. The summed E-state index contributed by atoms with van der Waals surface area (Å²) >= 11 is 15.7. The van der Waals surface area contributed by atoms with E-state index in [-0.39, 0.29) is 12.2 Å². The molecule has 5 nitrogen and oxygen atoms in total. The summed E-state index contributed by atoms with van der Waals surface area (Å²) in [5.74, 6) is 0.557. The lowest BCUT2D eigenvalue weighted by atomic mass is 10.1. The summed E-state index contributed by atoms with van der Waals surface area (Å²) in [5, 5.41) is 13.5. The Kier molecular flexibility index (Phi) is 10.7. The van der Waals surface area contributed by atoms with Crippen LogP contribution in [-0.4, -0.2) is 19.1 Å². The van der Waals surface area contributed by atoms with Crippen LogP contribution in [0.5, 0.6) is 11.5 Å². The summed E-state index contributed by atoms with van der Waals surface area (Å²) < 4.78 is 12.4. The maximum Gasteiger partial charge on any atom is 0.261 e. The van der Waals surface area contributed by atoms with E-state index < -0.39 is 5.91 Å². The number of nitriles is 1. The molecule has 36 heavy (non-hydrogen) atoms. The molecular formula is C28H25BrCl2N2O3. The molecule has 0 unspecified atom stereocenters. The highest BCUT2D eigenvalue weighted by Gasteiger charge is 2.14. The minimum absolute atomic E-state index is 0.000487. The summed E-state index contributed by atoms with van der Waals surface area (Å²) in [7, 11) is 0. The van der Waals surface area contributed by atoms with Crippen molar-refractivity contribution in [1.29, 1.82) is 5.26 Å². The molecule has 0 aliphatic carbocycles. The largest absolute Gasteiger partial charge is 0.490 e. The molecule has 0 bridgehead atoms. The van der Waals surface area contributed by atoms with Gasteiger partial charge >= 0.3 is 0 Å². The number of halogens is 3. The minimum Gasteiger partial charge on any atom is -0.490 e. The third kappa shape index (κ3) is 8.03. The molecule has 0 radical (unpaired) electrons. The van der Waals surface area contributed by atoms with Gasteiger partial charge in [0, 0.05) is 26.6 Å². The standard InChI is InChI=1S/C28H25BrCl2N2O3/c1-2-35-26-14-21(24(29)16-27(26)36-18-20-10-11-23(30)15-25(20)31)13-22(17-32)28(34)33-12-6-9-19-7-4-3-5-8-19/h3-5,7-8,10-11,13-16H,2,6,9,12,18H2,1H3,(H,33,34)/b22-13-. The number of hydrogen-bond acceptors (Lipinski definition) is 4. The van der Waals surface area contributed by atoms with Crippen LogP contribution in [0.15, 0.2) is 70.7 Å². The highest BCUT2D eigenvalue weighted by atomic mass is 79.9. The molecule has 0 aromatic heterocycles. The molecule has 1 N–H and O–H groups in total. The van der Waals surface area contributed by atoms with Gasteiger partial charge in [-0.05, 0) is 61.2 Å². The van der Waals surface area contributed by atoms with Crippen LogP contribution >= 0.6 is 39.1 Å². The number of hydrogen-bond donors (Lipinski definition) is 1. The first-order chi connectivity index (χ1) is 17.4. The number of rotatable bonds is 11. The third-order valence-corrected chi connectivity index (χ3v) is 6.47. The molecule has 1 amide bonds. The van der Waals surface area contributed by atoms with Gasteiger partial charge in [0.05, 0.1) is 6.61 Å². The van der Waals surface area contributed by atoms with Crippen molar-refractivity contribution in [2.75, 3.05) is 13.2 Å². The van der Waals surface area contributed by atoms with Crippen molar-refractivity contribution in [2.24, 2.45) is 0 Å². The van der Waals surface area contributed by atoms with E-state index in [0.29, 0.717) is 44.7 Å². The van der Waals surface area contributed by atoms with Gasteiger partial charge < -0.3 is 14.8 Å². The summed E-state index contributed by atoms with van der Waals surface area (Å²) in [6.07, 6.45) is 3.15. The Hall–Kier alpha value is -2.98. The van der Waals surface area contributed by atoms with E-state index in [9.17, 15) is 10.1 Å². The fourth-order valence-electron chi connectivity index (χ4n) is 3.38. The van der Waals surface area contributed by atoms with Crippen LogP contribution in [0.3, 0.4) is 0 Å². The van der Waals surface area contributed by atoms with Crippen molar-refractivity contribution in [3.05, 3.63) is 97.4 Å². The Morgan fingerprint density at radius 2 is 1.83 bits per heavy atom. The van der Waals surface area contributed by atoms with Crippen LogP contribution < -0.4 is 14.8 Å². The fourth-order valence-corrected chi connectivity index (χ4v) is 4.28. The van der Waals surface area contributed by atoms with Crippen LogP contribution in [0, 0.1) is 11.3 Å². The van der Waals surface area contributed by atoms with Gasteiger partial charge in [-0.25, -0.2) is 0 Å². The molecular weight excluding hydrogens is 563 g/mol. The van der Waals surface area contributed by atoms with Gasteiger partial charge in [0.25, 0.3) is 5.91 Å². The smallest absolute Gasteiger partial charge is 0.261 e. The highest BCUT2D eigenvalue weighted by Crippen LogP contribution is 2.36. The van der Waals surface area contributed by atoms with Crippen molar-refractivity contribution in [2.45, 2.75) is 26.4 Å². The second-order valence-electron chi connectivity index (χ2n) is 7.79. The normalized spacial score (nSPS) is 11.0. The molecule has 0 saturated carbocycles. The molecule has 8 heteroatoms. The van der Waals surface area contributed by atoms with E-state index in [2.05, 4.69) is 21.2 Å². The zero-order chi connectivity index (χ0) is 25.9. The first kappa shape index (κ1) is 27.6. The predicted molar refractivity (Wildman–Crippen MR) is 147 cm³/mol. The van der Waals surface area contributed by atoms with Crippen molar-refractivity contribution < 1.29 is 14.3 Å². The van der Waals surface area contributed by atoms with Gasteiger partial charge in [-0.1, -0.05) is 75.5 Å². The van der Waals surface area contributed by atoms with Gasteiger partial charge in [-0.3, -0.25) is 4.79 Å². The van der Waals surface area contributed by atoms with Crippen LogP contribution in [-0.2, 0) is 17.8 Å².